The summed E-state index contributed by atoms with van der Waals surface area (Å²) in [7, 11) is 1.99. The summed E-state index contributed by atoms with van der Waals surface area (Å²) in [6.45, 7) is 7.03. The maximum atomic E-state index is 3.74. The molecule has 1 aromatic rings. The summed E-state index contributed by atoms with van der Waals surface area (Å²) >= 11 is 3.74. The van der Waals surface area contributed by atoms with E-state index in [9.17, 15) is 0 Å². The standard InChI is InChI=1S/C16H24BrN3/c1-18-10-13-4-5-14(16(17)9-13)11-19-7-8-20-6-2-3-15(20)12-19/h4-5,9,15,18H,2-3,6-8,10-12H2,1H3. The molecule has 2 fully saturated rings. The van der Waals surface area contributed by atoms with Crippen molar-refractivity contribution in [1.82, 2.24) is 15.1 Å². The van der Waals surface area contributed by atoms with Crippen molar-refractivity contribution in [1.29, 1.82) is 0 Å². The van der Waals surface area contributed by atoms with Gasteiger partial charge in [-0.05, 0) is 43.6 Å². The first-order valence-electron chi connectivity index (χ1n) is 7.64. The Bertz CT molecular complexity index is 463. The fraction of sp³-hybridized carbons (Fsp3) is 0.625. The van der Waals surface area contributed by atoms with Crippen molar-refractivity contribution in [2.24, 2.45) is 0 Å². The van der Waals surface area contributed by atoms with E-state index in [0.29, 0.717) is 0 Å². The van der Waals surface area contributed by atoms with Crippen molar-refractivity contribution in [3.05, 3.63) is 33.8 Å². The highest BCUT2D eigenvalue weighted by molar-refractivity contribution is 9.10. The Balaban J connectivity index is 1.62. The first-order chi connectivity index (χ1) is 9.76. The van der Waals surface area contributed by atoms with Crippen LogP contribution >= 0.6 is 15.9 Å². The van der Waals surface area contributed by atoms with Crippen LogP contribution < -0.4 is 5.32 Å². The first kappa shape index (κ1) is 14.5. The van der Waals surface area contributed by atoms with Crippen LogP contribution in [0.5, 0.6) is 0 Å². The minimum Gasteiger partial charge on any atom is -0.316 e. The third-order valence-corrected chi connectivity index (χ3v) is 5.30. The van der Waals surface area contributed by atoms with E-state index in [2.05, 4.69) is 49.2 Å². The van der Waals surface area contributed by atoms with Crippen LogP contribution in [0.2, 0.25) is 0 Å². The molecule has 0 spiro atoms. The third kappa shape index (κ3) is 3.25. The number of rotatable bonds is 4. The Morgan fingerprint density at radius 1 is 1.30 bits per heavy atom. The van der Waals surface area contributed by atoms with E-state index in [-0.39, 0.29) is 0 Å². The molecule has 0 radical (unpaired) electrons. The van der Waals surface area contributed by atoms with Gasteiger partial charge >= 0.3 is 0 Å². The van der Waals surface area contributed by atoms with Gasteiger partial charge in [0.25, 0.3) is 0 Å². The van der Waals surface area contributed by atoms with Gasteiger partial charge in [0.1, 0.15) is 0 Å². The SMILES string of the molecule is CNCc1ccc(CN2CCN3CCCC3C2)c(Br)c1. The van der Waals surface area contributed by atoms with E-state index >= 15 is 0 Å². The topological polar surface area (TPSA) is 18.5 Å². The summed E-state index contributed by atoms with van der Waals surface area (Å²) in [6.07, 6.45) is 2.78. The van der Waals surface area contributed by atoms with Gasteiger partial charge in [-0.3, -0.25) is 9.80 Å². The van der Waals surface area contributed by atoms with Gasteiger partial charge in [-0.2, -0.15) is 0 Å². The fourth-order valence-corrected chi connectivity index (χ4v) is 4.02. The maximum absolute atomic E-state index is 3.74. The molecule has 0 bridgehead atoms. The van der Waals surface area contributed by atoms with E-state index < -0.39 is 0 Å². The molecule has 3 rings (SSSR count). The Labute approximate surface area is 130 Å². The summed E-state index contributed by atoms with van der Waals surface area (Å²) in [5.74, 6) is 0. The van der Waals surface area contributed by atoms with Gasteiger partial charge in [-0.15, -0.1) is 0 Å². The van der Waals surface area contributed by atoms with Gasteiger partial charge in [0.15, 0.2) is 0 Å². The van der Waals surface area contributed by atoms with Crippen molar-refractivity contribution < 1.29 is 0 Å². The molecule has 2 heterocycles. The highest BCUT2D eigenvalue weighted by Gasteiger charge is 2.30. The monoisotopic (exact) mass is 337 g/mol. The Hall–Kier alpha value is -0.420. The second kappa shape index (κ2) is 6.56. The second-order valence-corrected chi connectivity index (χ2v) is 6.88. The van der Waals surface area contributed by atoms with Gasteiger partial charge in [0.2, 0.25) is 0 Å². The van der Waals surface area contributed by atoms with Crippen LogP contribution in [0.4, 0.5) is 0 Å². The molecule has 3 nitrogen and oxygen atoms in total. The molecule has 0 saturated carbocycles. The number of hydrogen-bond acceptors (Lipinski definition) is 3. The highest BCUT2D eigenvalue weighted by atomic mass is 79.9. The normalized spacial score (nSPS) is 24.0. The average Bonchev–Trinajstić information content (AvgIpc) is 2.90. The van der Waals surface area contributed by atoms with E-state index in [1.54, 1.807) is 0 Å². The smallest absolute Gasteiger partial charge is 0.0246 e. The number of hydrogen-bond donors (Lipinski definition) is 1. The van der Waals surface area contributed by atoms with Crippen LogP contribution in [0.3, 0.4) is 0 Å². The van der Waals surface area contributed by atoms with Crippen LogP contribution in [-0.4, -0.2) is 49.1 Å². The predicted octanol–water partition coefficient (Wildman–Crippen LogP) is 2.45. The van der Waals surface area contributed by atoms with Gasteiger partial charge < -0.3 is 5.32 Å². The molecule has 0 aromatic heterocycles. The van der Waals surface area contributed by atoms with Gasteiger partial charge in [0, 0.05) is 43.2 Å². The lowest BCUT2D eigenvalue weighted by Crippen LogP contribution is -2.49. The molecular formula is C16H24BrN3. The van der Waals surface area contributed by atoms with Crippen molar-refractivity contribution in [2.75, 3.05) is 33.2 Å². The van der Waals surface area contributed by atoms with Gasteiger partial charge in [0.05, 0.1) is 0 Å². The van der Waals surface area contributed by atoms with Crippen LogP contribution in [-0.2, 0) is 13.1 Å². The quantitative estimate of drug-likeness (QED) is 0.910. The number of benzene rings is 1. The minimum absolute atomic E-state index is 0.811. The van der Waals surface area contributed by atoms with Crippen LogP contribution in [0.25, 0.3) is 0 Å². The summed E-state index contributed by atoms with van der Waals surface area (Å²) in [4.78, 5) is 5.28. The molecule has 0 aliphatic carbocycles. The number of nitrogens with one attached hydrogen (secondary N) is 1. The average molecular weight is 338 g/mol. The molecule has 1 atom stereocenters. The predicted molar refractivity (Wildman–Crippen MR) is 86.8 cm³/mol. The molecule has 110 valence electrons. The van der Waals surface area contributed by atoms with Crippen molar-refractivity contribution in [2.45, 2.75) is 32.0 Å². The van der Waals surface area contributed by atoms with E-state index in [4.69, 9.17) is 0 Å². The molecule has 1 aromatic carbocycles. The maximum Gasteiger partial charge on any atom is 0.0246 e. The number of nitrogens with zero attached hydrogens (tertiary/aromatic N) is 2. The summed E-state index contributed by atoms with van der Waals surface area (Å²) in [6, 6.07) is 7.57. The molecule has 4 heteroatoms. The zero-order valence-electron chi connectivity index (χ0n) is 12.2. The van der Waals surface area contributed by atoms with Gasteiger partial charge in [-0.25, -0.2) is 0 Å². The lowest BCUT2D eigenvalue weighted by Gasteiger charge is -2.37. The molecule has 1 unspecified atom stereocenters. The minimum atomic E-state index is 0.811. The molecular weight excluding hydrogens is 314 g/mol. The molecule has 2 saturated heterocycles. The zero-order chi connectivity index (χ0) is 13.9. The zero-order valence-corrected chi connectivity index (χ0v) is 13.8. The van der Waals surface area contributed by atoms with Crippen LogP contribution in [0.15, 0.2) is 22.7 Å². The largest absolute Gasteiger partial charge is 0.316 e. The number of piperazine rings is 1. The fourth-order valence-electron chi connectivity index (χ4n) is 3.47. The van der Waals surface area contributed by atoms with Crippen LogP contribution in [0, 0.1) is 0 Å². The molecule has 0 amide bonds. The molecule has 2 aliphatic heterocycles. The summed E-state index contributed by atoms with van der Waals surface area (Å²) in [5.41, 5.74) is 2.75. The molecule has 2 aliphatic rings. The Morgan fingerprint density at radius 3 is 3.00 bits per heavy atom. The lowest BCUT2D eigenvalue weighted by molar-refractivity contribution is 0.0992. The Kier molecular flexibility index (Phi) is 4.76. The first-order valence-corrected chi connectivity index (χ1v) is 8.44. The van der Waals surface area contributed by atoms with E-state index in [1.165, 1.54) is 54.6 Å². The molecule has 20 heavy (non-hydrogen) atoms. The molecule has 1 N–H and O–H groups in total. The Morgan fingerprint density at radius 2 is 2.20 bits per heavy atom. The van der Waals surface area contributed by atoms with Gasteiger partial charge in [-0.1, -0.05) is 28.1 Å². The van der Waals surface area contributed by atoms with Crippen molar-refractivity contribution in [3.8, 4) is 0 Å². The van der Waals surface area contributed by atoms with E-state index in [0.717, 1.165) is 19.1 Å². The number of fused-ring (bicyclic) bond motifs is 1. The summed E-state index contributed by atoms with van der Waals surface area (Å²) < 4.78 is 1.25. The lowest BCUT2D eigenvalue weighted by atomic mass is 10.1. The third-order valence-electron chi connectivity index (χ3n) is 4.56. The number of halogens is 1. The second-order valence-electron chi connectivity index (χ2n) is 6.02. The van der Waals surface area contributed by atoms with Crippen LogP contribution in [0.1, 0.15) is 24.0 Å². The summed E-state index contributed by atoms with van der Waals surface area (Å²) in [5, 5.41) is 3.20. The highest BCUT2D eigenvalue weighted by Crippen LogP contribution is 2.25. The van der Waals surface area contributed by atoms with E-state index in [1.807, 2.05) is 7.05 Å². The van der Waals surface area contributed by atoms with Crippen molar-refractivity contribution >= 4 is 15.9 Å². The van der Waals surface area contributed by atoms with Crippen molar-refractivity contribution in [3.63, 3.8) is 0 Å².